The number of halogens is 1. The van der Waals surface area contributed by atoms with E-state index < -0.39 is 5.82 Å². The van der Waals surface area contributed by atoms with Crippen molar-refractivity contribution in [2.75, 3.05) is 18.8 Å². The summed E-state index contributed by atoms with van der Waals surface area (Å²) in [4.78, 5) is 14.0. The minimum Gasteiger partial charge on any atom is -0.398 e. The zero-order chi connectivity index (χ0) is 14.2. The number of ether oxygens (including phenoxy) is 1. The Balaban J connectivity index is 2.24. The molecule has 2 atom stereocenters. The molecule has 0 aromatic heterocycles. The summed E-state index contributed by atoms with van der Waals surface area (Å²) in [6.07, 6.45) is -0.0271. The first-order valence-corrected chi connectivity index (χ1v) is 6.39. The highest BCUT2D eigenvalue weighted by Gasteiger charge is 2.27. The van der Waals surface area contributed by atoms with Crippen molar-refractivity contribution in [2.45, 2.75) is 33.0 Å². The van der Waals surface area contributed by atoms with E-state index in [9.17, 15) is 9.18 Å². The molecule has 0 unspecified atom stereocenters. The fourth-order valence-electron chi connectivity index (χ4n) is 2.35. The highest BCUT2D eigenvalue weighted by Crippen LogP contribution is 2.20. The van der Waals surface area contributed by atoms with Crippen LogP contribution in [0.5, 0.6) is 0 Å². The number of anilines is 1. The summed E-state index contributed by atoms with van der Waals surface area (Å²) >= 11 is 0. The summed E-state index contributed by atoms with van der Waals surface area (Å²) in [5, 5.41) is 0. The average Bonchev–Trinajstić information content (AvgIpc) is 2.33. The maximum atomic E-state index is 13.6. The Kier molecular flexibility index (Phi) is 3.75. The highest BCUT2D eigenvalue weighted by atomic mass is 19.1. The van der Waals surface area contributed by atoms with Gasteiger partial charge in [0.2, 0.25) is 0 Å². The van der Waals surface area contributed by atoms with Crippen LogP contribution in [-0.4, -0.2) is 36.1 Å². The molecule has 1 heterocycles. The predicted molar refractivity (Wildman–Crippen MR) is 71.5 cm³/mol. The van der Waals surface area contributed by atoms with E-state index in [4.69, 9.17) is 10.5 Å². The maximum absolute atomic E-state index is 13.6. The van der Waals surface area contributed by atoms with Crippen LogP contribution in [0, 0.1) is 12.7 Å². The van der Waals surface area contributed by atoms with E-state index in [0.29, 0.717) is 29.9 Å². The number of morpholine rings is 1. The quantitative estimate of drug-likeness (QED) is 0.791. The second kappa shape index (κ2) is 5.17. The van der Waals surface area contributed by atoms with Crippen molar-refractivity contribution in [1.29, 1.82) is 0 Å². The standard InChI is InChI=1S/C14H19FN2O2/c1-8-6-17(7-9(2)19-8)14(18)11-4-12(15)10(3)13(16)5-11/h4-5,8-9H,6-7,16H2,1-3H3/t8-,9+. The van der Waals surface area contributed by atoms with Crippen LogP contribution in [-0.2, 0) is 4.74 Å². The topological polar surface area (TPSA) is 55.6 Å². The number of nitrogens with zero attached hydrogens (tertiary/aromatic N) is 1. The lowest BCUT2D eigenvalue weighted by molar-refractivity contribution is -0.0586. The maximum Gasteiger partial charge on any atom is 0.254 e. The zero-order valence-corrected chi connectivity index (χ0v) is 11.4. The van der Waals surface area contributed by atoms with Gasteiger partial charge in [0, 0.05) is 29.9 Å². The Morgan fingerprint density at radius 2 is 1.95 bits per heavy atom. The van der Waals surface area contributed by atoms with Gasteiger partial charge in [-0.25, -0.2) is 4.39 Å². The van der Waals surface area contributed by atoms with E-state index in [1.54, 1.807) is 11.8 Å². The lowest BCUT2D eigenvalue weighted by Gasteiger charge is -2.35. The third kappa shape index (κ3) is 2.87. The Morgan fingerprint density at radius 1 is 1.37 bits per heavy atom. The van der Waals surface area contributed by atoms with E-state index in [2.05, 4.69) is 0 Å². The molecule has 1 aliphatic rings. The van der Waals surface area contributed by atoms with Crippen molar-refractivity contribution >= 4 is 11.6 Å². The molecule has 1 fully saturated rings. The zero-order valence-electron chi connectivity index (χ0n) is 11.4. The Hall–Kier alpha value is -1.62. The molecule has 104 valence electrons. The van der Waals surface area contributed by atoms with Gasteiger partial charge in [0.1, 0.15) is 5.82 Å². The van der Waals surface area contributed by atoms with Gasteiger partial charge >= 0.3 is 0 Å². The van der Waals surface area contributed by atoms with E-state index in [-0.39, 0.29) is 18.1 Å². The molecule has 0 saturated carbocycles. The van der Waals surface area contributed by atoms with Crippen LogP contribution < -0.4 is 5.73 Å². The molecule has 0 aliphatic carbocycles. The van der Waals surface area contributed by atoms with Gasteiger partial charge in [-0.3, -0.25) is 4.79 Å². The molecule has 1 aliphatic heterocycles. The van der Waals surface area contributed by atoms with Gasteiger partial charge in [-0.1, -0.05) is 0 Å². The molecule has 1 amide bonds. The van der Waals surface area contributed by atoms with E-state index >= 15 is 0 Å². The second-order valence-electron chi connectivity index (χ2n) is 5.14. The minimum absolute atomic E-state index is 0.0136. The van der Waals surface area contributed by atoms with Crippen LogP contribution in [0.25, 0.3) is 0 Å². The molecule has 0 spiro atoms. The van der Waals surface area contributed by atoms with Crippen molar-refractivity contribution in [3.63, 3.8) is 0 Å². The van der Waals surface area contributed by atoms with Crippen LogP contribution in [0.2, 0.25) is 0 Å². The summed E-state index contributed by atoms with van der Waals surface area (Å²) in [5.74, 6) is -0.648. The van der Waals surface area contributed by atoms with Gasteiger partial charge in [0.15, 0.2) is 0 Å². The first kappa shape index (κ1) is 13.8. The molecule has 0 radical (unpaired) electrons. The monoisotopic (exact) mass is 266 g/mol. The number of hydrogen-bond acceptors (Lipinski definition) is 3. The summed E-state index contributed by atoms with van der Waals surface area (Å²) in [6, 6.07) is 2.78. The van der Waals surface area contributed by atoms with Crippen molar-refractivity contribution in [3.05, 3.63) is 29.1 Å². The van der Waals surface area contributed by atoms with Crippen molar-refractivity contribution in [1.82, 2.24) is 4.90 Å². The molecule has 1 saturated heterocycles. The van der Waals surface area contributed by atoms with Crippen molar-refractivity contribution in [2.24, 2.45) is 0 Å². The molecule has 5 heteroatoms. The van der Waals surface area contributed by atoms with Crippen molar-refractivity contribution in [3.8, 4) is 0 Å². The largest absolute Gasteiger partial charge is 0.398 e. The van der Waals surface area contributed by atoms with E-state index in [1.165, 1.54) is 12.1 Å². The lowest BCUT2D eigenvalue weighted by Crippen LogP contribution is -2.48. The van der Waals surface area contributed by atoms with E-state index in [0.717, 1.165) is 0 Å². The summed E-state index contributed by atoms with van der Waals surface area (Å²) < 4.78 is 19.2. The number of nitrogen functional groups attached to an aromatic ring is 1. The number of hydrogen-bond donors (Lipinski definition) is 1. The number of nitrogens with two attached hydrogens (primary N) is 1. The number of amides is 1. The van der Waals surface area contributed by atoms with Gasteiger partial charge in [0.25, 0.3) is 5.91 Å². The fraction of sp³-hybridized carbons (Fsp3) is 0.500. The van der Waals surface area contributed by atoms with Crippen molar-refractivity contribution < 1.29 is 13.9 Å². The van der Waals surface area contributed by atoms with Crippen LogP contribution in [0.4, 0.5) is 10.1 Å². The van der Waals surface area contributed by atoms with Crippen LogP contribution in [0.1, 0.15) is 29.8 Å². The summed E-state index contributed by atoms with van der Waals surface area (Å²) in [6.45, 7) is 6.45. The molecule has 1 aromatic carbocycles. The number of rotatable bonds is 1. The van der Waals surface area contributed by atoms with Gasteiger partial charge < -0.3 is 15.4 Å². The fourth-order valence-corrected chi connectivity index (χ4v) is 2.35. The predicted octanol–water partition coefficient (Wildman–Crippen LogP) is 1.97. The normalized spacial score (nSPS) is 23.5. The average molecular weight is 266 g/mol. The number of carbonyl (C=O) groups is 1. The minimum atomic E-state index is -0.447. The number of carbonyl (C=O) groups excluding carboxylic acids is 1. The molecular weight excluding hydrogens is 247 g/mol. The number of benzene rings is 1. The van der Waals surface area contributed by atoms with Crippen LogP contribution in [0.3, 0.4) is 0 Å². The summed E-state index contributed by atoms with van der Waals surface area (Å²) in [7, 11) is 0. The van der Waals surface area contributed by atoms with Gasteiger partial charge in [-0.05, 0) is 32.9 Å². The first-order valence-electron chi connectivity index (χ1n) is 6.39. The van der Waals surface area contributed by atoms with Gasteiger partial charge in [0.05, 0.1) is 12.2 Å². The molecule has 2 N–H and O–H groups in total. The third-order valence-electron chi connectivity index (χ3n) is 3.34. The highest BCUT2D eigenvalue weighted by molar-refractivity contribution is 5.95. The smallest absolute Gasteiger partial charge is 0.254 e. The van der Waals surface area contributed by atoms with Gasteiger partial charge in [-0.15, -0.1) is 0 Å². The molecule has 4 nitrogen and oxygen atoms in total. The molecule has 1 aromatic rings. The molecule has 0 bridgehead atoms. The Morgan fingerprint density at radius 3 is 2.47 bits per heavy atom. The third-order valence-corrected chi connectivity index (χ3v) is 3.34. The molecule has 19 heavy (non-hydrogen) atoms. The molecule has 2 rings (SSSR count). The molecular formula is C14H19FN2O2. The lowest BCUT2D eigenvalue weighted by atomic mass is 10.1. The summed E-state index contributed by atoms with van der Waals surface area (Å²) in [5.41, 5.74) is 6.68. The first-order chi connectivity index (χ1) is 8.88. The SMILES string of the molecule is Cc1c(N)cc(C(=O)N2C[C@@H](C)O[C@@H](C)C2)cc1F. The second-order valence-corrected chi connectivity index (χ2v) is 5.14. The Bertz CT molecular complexity index is 471. The Labute approximate surface area is 112 Å². The van der Waals surface area contributed by atoms with E-state index in [1.807, 2.05) is 13.8 Å². The van der Waals surface area contributed by atoms with Crippen LogP contribution >= 0.6 is 0 Å². The van der Waals surface area contributed by atoms with Crippen LogP contribution in [0.15, 0.2) is 12.1 Å². The van der Waals surface area contributed by atoms with Gasteiger partial charge in [-0.2, -0.15) is 0 Å².